The number of anilines is 1. The van der Waals surface area contributed by atoms with Gasteiger partial charge in [-0.05, 0) is 19.1 Å². The van der Waals surface area contributed by atoms with E-state index in [4.69, 9.17) is 27.9 Å². The van der Waals surface area contributed by atoms with Crippen molar-refractivity contribution < 1.29 is 28.8 Å². The van der Waals surface area contributed by atoms with Gasteiger partial charge < -0.3 is 10.1 Å². The lowest BCUT2D eigenvalue weighted by molar-refractivity contribution is -0.385. The molecule has 3 rings (SSSR count). The Kier molecular flexibility index (Phi) is 6.70. The molecule has 0 saturated carbocycles. The maximum atomic E-state index is 12.5. The molecule has 2 aromatic rings. The molecule has 0 radical (unpaired) electrons. The molecule has 0 aliphatic carbocycles. The van der Waals surface area contributed by atoms with E-state index in [2.05, 4.69) is 10.3 Å². The molecular weight excluding hydrogens is 467 g/mol. The Morgan fingerprint density at radius 1 is 1.28 bits per heavy atom. The number of nitro groups is 1. The highest BCUT2D eigenvalue weighted by atomic mass is 35.5. The van der Waals surface area contributed by atoms with Crippen LogP contribution in [0.1, 0.15) is 34.1 Å². The number of fused-ring (bicyclic) bond motifs is 1. The van der Waals surface area contributed by atoms with Crippen molar-refractivity contribution in [2.24, 2.45) is 0 Å². The van der Waals surface area contributed by atoms with Gasteiger partial charge >= 0.3 is 5.97 Å². The number of carbonyl (C=O) groups excluding carboxylic acids is 4. The monoisotopic (exact) mass is 480 g/mol. The fraction of sp³-hybridized carbons (Fsp3) is 0.211. The summed E-state index contributed by atoms with van der Waals surface area (Å²) < 4.78 is 5.01. The Labute approximate surface area is 190 Å². The summed E-state index contributed by atoms with van der Waals surface area (Å²) >= 11 is 11.7. The molecule has 13 heteroatoms. The average molecular weight is 481 g/mol. The molecule has 0 bridgehead atoms. The number of halogens is 2. The Hall–Kier alpha value is -3.57. The van der Waals surface area contributed by atoms with Crippen LogP contribution in [0.5, 0.6) is 0 Å². The van der Waals surface area contributed by atoms with Gasteiger partial charge in [-0.2, -0.15) is 0 Å². The maximum Gasteiger partial charge on any atom is 0.308 e. The molecule has 1 N–H and O–H groups in total. The van der Waals surface area contributed by atoms with Crippen LogP contribution in [0.2, 0.25) is 10.0 Å². The van der Waals surface area contributed by atoms with Gasteiger partial charge in [-0.1, -0.05) is 29.3 Å². The van der Waals surface area contributed by atoms with Crippen LogP contribution in [0.15, 0.2) is 30.5 Å². The number of nitro benzene ring substituents is 1. The van der Waals surface area contributed by atoms with Crippen molar-refractivity contribution in [1.29, 1.82) is 0 Å². The van der Waals surface area contributed by atoms with E-state index in [-0.39, 0.29) is 33.5 Å². The first kappa shape index (κ1) is 23.1. The number of carbonyl (C=O) groups is 4. The molecule has 1 unspecified atom stereocenters. The molecular formula is C19H14Cl2N4O7. The summed E-state index contributed by atoms with van der Waals surface area (Å²) in [5.41, 5.74) is -0.931. The lowest BCUT2D eigenvalue weighted by atomic mass is 10.1. The van der Waals surface area contributed by atoms with Crippen LogP contribution in [0.4, 0.5) is 11.5 Å². The molecule has 0 spiro atoms. The minimum absolute atomic E-state index is 0.0246. The van der Waals surface area contributed by atoms with E-state index in [9.17, 15) is 29.3 Å². The standard InChI is InChI=1S/C19H14Cl2N4O7/c1-9(17(27)23-16-12(21)7-10(20)8-22-16)32-14(26)5-6-24-18(28)11-3-2-4-13(25(30)31)15(11)19(24)29/h2-4,7-9H,5-6H2,1H3,(H,22,23,27). The molecule has 1 atom stereocenters. The lowest BCUT2D eigenvalue weighted by Crippen LogP contribution is -2.34. The van der Waals surface area contributed by atoms with Gasteiger partial charge in [0.1, 0.15) is 5.56 Å². The van der Waals surface area contributed by atoms with Crippen LogP contribution in [0.25, 0.3) is 0 Å². The Morgan fingerprint density at radius 3 is 2.66 bits per heavy atom. The third kappa shape index (κ3) is 4.68. The topological polar surface area (TPSA) is 149 Å². The van der Waals surface area contributed by atoms with Crippen molar-refractivity contribution >= 4 is 58.4 Å². The lowest BCUT2D eigenvalue weighted by Gasteiger charge is -2.16. The zero-order chi connectivity index (χ0) is 23.6. The maximum absolute atomic E-state index is 12.5. The highest BCUT2D eigenvalue weighted by molar-refractivity contribution is 6.36. The summed E-state index contributed by atoms with van der Waals surface area (Å²) in [7, 11) is 0. The van der Waals surface area contributed by atoms with Crippen LogP contribution >= 0.6 is 23.2 Å². The third-order valence-electron chi connectivity index (χ3n) is 4.44. The first-order valence-electron chi connectivity index (χ1n) is 9.05. The number of ether oxygens (including phenoxy) is 1. The number of rotatable bonds is 7. The number of nitrogens with zero attached hydrogens (tertiary/aromatic N) is 3. The molecule has 1 aliphatic rings. The fourth-order valence-corrected chi connectivity index (χ4v) is 3.34. The molecule has 1 aromatic heterocycles. The Bertz CT molecular complexity index is 1150. The fourth-order valence-electron chi connectivity index (χ4n) is 2.91. The van der Waals surface area contributed by atoms with Crippen LogP contribution in [-0.4, -0.2) is 51.1 Å². The van der Waals surface area contributed by atoms with Crippen molar-refractivity contribution in [2.45, 2.75) is 19.4 Å². The summed E-state index contributed by atoms with van der Waals surface area (Å²) in [5.74, 6) is -3.19. The van der Waals surface area contributed by atoms with Crippen molar-refractivity contribution in [2.75, 3.05) is 11.9 Å². The molecule has 1 aliphatic heterocycles. The van der Waals surface area contributed by atoms with E-state index in [0.29, 0.717) is 0 Å². The van der Waals surface area contributed by atoms with Crippen LogP contribution in [-0.2, 0) is 14.3 Å². The highest BCUT2D eigenvalue weighted by Gasteiger charge is 2.41. The molecule has 0 fully saturated rings. The van der Waals surface area contributed by atoms with Gasteiger partial charge in [0.25, 0.3) is 23.4 Å². The first-order chi connectivity index (χ1) is 15.1. The van der Waals surface area contributed by atoms with E-state index < -0.39 is 46.8 Å². The van der Waals surface area contributed by atoms with Crippen LogP contribution in [0.3, 0.4) is 0 Å². The van der Waals surface area contributed by atoms with E-state index in [0.717, 1.165) is 11.0 Å². The van der Waals surface area contributed by atoms with Gasteiger partial charge in [-0.25, -0.2) is 4.98 Å². The van der Waals surface area contributed by atoms with Crippen molar-refractivity contribution in [1.82, 2.24) is 9.88 Å². The number of imide groups is 1. The molecule has 3 amide bonds. The predicted octanol–water partition coefficient (Wildman–Crippen LogP) is 2.85. The predicted molar refractivity (Wildman–Crippen MR) is 112 cm³/mol. The second kappa shape index (κ2) is 9.28. The number of esters is 1. The second-order valence-electron chi connectivity index (χ2n) is 6.57. The number of aromatic nitrogens is 1. The molecule has 2 heterocycles. The average Bonchev–Trinajstić information content (AvgIpc) is 2.98. The van der Waals surface area contributed by atoms with Gasteiger partial charge in [0.2, 0.25) is 0 Å². The van der Waals surface area contributed by atoms with E-state index in [1.165, 1.54) is 31.3 Å². The minimum Gasteiger partial charge on any atom is -0.452 e. The molecule has 11 nitrogen and oxygen atoms in total. The van der Waals surface area contributed by atoms with E-state index >= 15 is 0 Å². The second-order valence-corrected chi connectivity index (χ2v) is 7.42. The van der Waals surface area contributed by atoms with Crippen molar-refractivity contribution in [3.63, 3.8) is 0 Å². The zero-order valence-corrected chi connectivity index (χ0v) is 17.8. The van der Waals surface area contributed by atoms with E-state index in [1.54, 1.807) is 0 Å². The minimum atomic E-state index is -1.24. The number of nitrogens with one attached hydrogen (secondary N) is 1. The summed E-state index contributed by atoms with van der Waals surface area (Å²) in [6.45, 7) is 0.934. The van der Waals surface area contributed by atoms with Crippen molar-refractivity contribution in [3.8, 4) is 0 Å². The molecule has 1 aromatic carbocycles. The quantitative estimate of drug-likeness (QED) is 0.275. The number of hydrogen-bond acceptors (Lipinski definition) is 8. The molecule has 166 valence electrons. The van der Waals surface area contributed by atoms with Crippen LogP contribution < -0.4 is 5.32 Å². The van der Waals surface area contributed by atoms with Gasteiger partial charge in [0.15, 0.2) is 11.9 Å². The van der Waals surface area contributed by atoms with Gasteiger partial charge in [-0.15, -0.1) is 0 Å². The summed E-state index contributed by atoms with van der Waals surface area (Å²) in [6, 6.07) is 5.07. The SMILES string of the molecule is CC(OC(=O)CCN1C(=O)c2cccc([N+](=O)[O-])c2C1=O)C(=O)Nc1ncc(Cl)cc1Cl. The largest absolute Gasteiger partial charge is 0.452 e. The normalized spacial score (nSPS) is 13.5. The van der Waals surface area contributed by atoms with Gasteiger partial charge in [-0.3, -0.25) is 34.2 Å². The smallest absolute Gasteiger partial charge is 0.308 e. The third-order valence-corrected chi connectivity index (χ3v) is 4.93. The summed E-state index contributed by atoms with van der Waals surface area (Å²) in [5, 5.41) is 13.9. The Morgan fingerprint density at radius 2 is 2.00 bits per heavy atom. The number of hydrogen-bond donors (Lipinski definition) is 1. The molecule has 0 saturated heterocycles. The van der Waals surface area contributed by atoms with E-state index in [1.807, 2.05) is 0 Å². The molecule has 32 heavy (non-hydrogen) atoms. The van der Waals surface area contributed by atoms with Gasteiger partial charge in [0, 0.05) is 18.8 Å². The number of pyridine rings is 1. The van der Waals surface area contributed by atoms with Crippen molar-refractivity contribution in [3.05, 3.63) is 61.7 Å². The summed E-state index contributed by atoms with van der Waals surface area (Å²) in [4.78, 5) is 64.2. The first-order valence-corrected chi connectivity index (χ1v) is 9.80. The van der Waals surface area contributed by atoms with Crippen LogP contribution in [0, 0.1) is 10.1 Å². The number of amides is 3. The summed E-state index contributed by atoms with van der Waals surface area (Å²) in [6.07, 6.45) is -0.387. The highest BCUT2D eigenvalue weighted by Crippen LogP contribution is 2.30. The van der Waals surface area contributed by atoms with Gasteiger partial charge in [0.05, 0.1) is 27.0 Å². The Balaban J connectivity index is 1.58. The zero-order valence-electron chi connectivity index (χ0n) is 16.3. The number of benzene rings is 1.